The summed E-state index contributed by atoms with van der Waals surface area (Å²) in [6.07, 6.45) is 0. The highest BCUT2D eigenvalue weighted by molar-refractivity contribution is 7.99. The van der Waals surface area contributed by atoms with Gasteiger partial charge in [-0.25, -0.2) is 15.0 Å². The van der Waals surface area contributed by atoms with Gasteiger partial charge in [-0.2, -0.15) is 0 Å². The summed E-state index contributed by atoms with van der Waals surface area (Å²) in [5.41, 5.74) is 4.07. The van der Waals surface area contributed by atoms with Gasteiger partial charge in [-0.05, 0) is 87.1 Å². The first kappa shape index (κ1) is 22.0. The molecule has 4 aromatic rings. The summed E-state index contributed by atoms with van der Waals surface area (Å²) in [6, 6.07) is 16.7. The van der Waals surface area contributed by atoms with Gasteiger partial charge in [0, 0.05) is 32.9 Å². The van der Waals surface area contributed by atoms with Gasteiger partial charge in [-0.1, -0.05) is 0 Å². The topological polar surface area (TPSA) is 77.0 Å². The SMILES string of the molecule is Cc1cc(C)nc(Sc2ccc(NC(=O)c3ccc(OCc4csc(C)n4)cc3)cc2)n1. The Bertz CT molecular complexity index is 1200. The maximum absolute atomic E-state index is 12.6. The smallest absolute Gasteiger partial charge is 0.255 e. The van der Waals surface area contributed by atoms with E-state index in [0.717, 1.165) is 32.7 Å². The molecule has 1 N–H and O–H groups in total. The van der Waals surface area contributed by atoms with Crippen LogP contribution in [0.4, 0.5) is 5.69 Å². The van der Waals surface area contributed by atoms with Gasteiger partial charge in [0.1, 0.15) is 12.4 Å². The lowest BCUT2D eigenvalue weighted by Gasteiger charge is -2.08. The van der Waals surface area contributed by atoms with Crippen LogP contribution in [-0.4, -0.2) is 20.9 Å². The Balaban J connectivity index is 1.33. The minimum atomic E-state index is -0.176. The van der Waals surface area contributed by atoms with E-state index in [9.17, 15) is 4.79 Å². The van der Waals surface area contributed by atoms with Gasteiger partial charge in [0.05, 0.1) is 10.7 Å². The van der Waals surface area contributed by atoms with Crippen LogP contribution in [0.5, 0.6) is 5.75 Å². The first-order valence-corrected chi connectivity index (χ1v) is 11.7. The van der Waals surface area contributed by atoms with Crippen molar-refractivity contribution in [1.29, 1.82) is 0 Å². The number of hydrogen-bond acceptors (Lipinski definition) is 7. The number of thiazole rings is 1. The second-order valence-corrected chi connectivity index (χ2v) is 9.29. The molecule has 2 aromatic carbocycles. The molecule has 0 bridgehead atoms. The average Bonchev–Trinajstić information content (AvgIpc) is 3.18. The molecular weight excluding hydrogens is 440 g/mol. The summed E-state index contributed by atoms with van der Waals surface area (Å²) in [5, 5.41) is 6.63. The molecule has 0 unspecified atom stereocenters. The summed E-state index contributed by atoms with van der Waals surface area (Å²) in [7, 11) is 0. The van der Waals surface area contributed by atoms with E-state index in [1.54, 1.807) is 35.6 Å². The molecular formula is C24H22N4O2S2. The average molecular weight is 463 g/mol. The molecule has 0 aliphatic rings. The number of anilines is 1. The highest BCUT2D eigenvalue weighted by atomic mass is 32.2. The fourth-order valence-corrected chi connectivity index (χ4v) is 4.45. The highest BCUT2D eigenvalue weighted by Crippen LogP contribution is 2.26. The van der Waals surface area contributed by atoms with Crippen molar-refractivity contribution in [3.63, 3.8) is 0 Å². The van der Waals surface area contributed by atoms with Gasteiger partial charge >= 0.3 is 0 Å². The third-order valence-electron chi connectivity index (χ3n) is 4.45. The van der Waals surface area contributed by atoms with Gasteiger partial charge < -0.3 is 10.1 Å². The van der Waals surface area contributed by atoms with Crippen molar-refractivity contribution in [2.75, 3.05) is 5.32 Å². The Morgan fingerprint density at radius 2 is 1.66 bits per heavy atom. The number of nitrogens with zero attached hydrogens (tertiary/aromatic N) is 3. The minimum absolute atomic E-state index is 0.176. The van der Waals surface area contributed by atoms with Crippen LogP contribution in [0.25, 0.3) is 0 Å². The van der Waals surface area contributed by atoms with E-state index in [-0.39, 0.29) is 5.91 Å². The predicted octanol–water partition coefficient (Wildman–Crippen LogP) is 5.84. The van der Waals surface area contributed by atoms with Gasteiger partial charge in [-0.3, -0.25) is 4.79 Å². The molecule has 162 valence electrons. The first-order valence-electron chi connectivity index (χ1n) is 10.00. The third-order valence-corrected chi connectivity index (χ3v) is 6.15. The first-order chi connectivity index (χ1) is 15.4. The summed E-state index contributed by atoms with van der Waals surface area (Å²) in [5.74, 6) is 0.520. The molecule has 2 aromatic heterocycles. The summed E-state index contributed by atoms with van der Waals surface area (Å²) < 4.78 is 5.74. The van der Waals surface area contributed by atoms with Crippen LogP contribution in [0.3, 0.4) is 0 Å². The Morgan fingerprint density at radius 1 is 0.969 bits per heavy atom. The molecule has 1 amide bonds. The molecule has 0 aliphatic heterocycles. The normalized spacial score (nSPS) is 10.7. The van der Waals surface area contributed by atoms with Crippen molar-refractivity contribution in [3.05, 3.63) is 87.6 Å². The Labute approximate surface area is 195 Å². The second kappa shape index (κ2) is 9.93. The number of benzene rings is 2. The Hall–Kier alpha value is -3.23. The van der Waals surface area contributed by atoms with E-state index < -0.39 is 0 Å². The number of hydrogen-bond donors (Lipinski definition) is 1. The molecule has 0 saturated carbocycles. The molecule has 0 radical (unpaired) electrons. The molecule has 0 aliphatic carbocycles. The number of ether oxygens (including phenoxy) is 1. The van der Waals surface area contributed by atoms with Crippen molar-refractivity contribution in [1.82, 2.24) is 15.0 Å². The molecule has 4 rings (SSSR count). The van der Waals surface area contributed by atoms with Crippen molar-refractivity contribution in [2.45, 2.75) is 37.4 Å². The van der Waals surface area contributed by atoms with E-state index in [2.05, 4.69) is 20.3 Å². The molecule has 0 atom stereocenters. The standard InChI is InChI=1S/C24H22N4O2S2/c1-15-12-16(2)26-24(25-15)32-22-10-6-19(7-11-22)28-23(29)18-4-8-21(9-5-18)30-13-20-14-31-17(3)27-20/h4-12,14H,13H2,1-3H3,(H,28,29). The maximum Gasteiger partial charge on any atom is 0.255 e. The van der Waals surface area contributed by atoms with Crippen molar-refractivity contribution in [3.8, 4) is 5.75 Å². The van der Waals surface area contributed by atoms with Crippen molar-refractivity contribution in [2.24, 2.45) is 0 Å². The largest absolute Gasteiger partial charge is 0.487 e. The predicted molar refractivity (Wildman–Crippen MR) is 128 cm³/mol. The van der Waals surface area contributed by atoms with Crippen LogP contribution in [0, 0.1) is 20.8 Å². The van der Waals surface area contributed by atoms with Crippen LogP contribution < -0.4 is 10.1 Å². The molecule has 2 heterocycles. The molecule has 0 spiro atoms. The van der Waals surface area contributed by atoms with E-state index in [1.807, 2.05) is 56.5 Å². The van der Waals surface area contributed by atoms with Gasteiger partial charge in [-0.15, -0.1) is 11.3 Å². The van der Waals surface area contributed by atoms with E-state index >= 15 is 0 Å². The number of aryl methyl sites for hydroxylation is 3. The Morgan fingerprint density at radius 3 is 2.28 bits per heavy atom. The lowest BCUT2D eigenvalue weighted by atomic mass is 10.2. The molecule has 0 saturated heterocycles. The van der Waals surface area contributed by atoms with Crippen LogP contribution in [0.1, 0.15) is 32.4 Å². The number of nitrogens with one attached hydrogen (secondary N) is 1. The van der Waals surface area contributed by atoms with E-state index in [4.69, 9.17) is 4.74 Å². The maximum atomic E-state index is 12.6. The van der Waals surface area contributed by atoms with Crippen LogP contribution >= 0.6 is 23.1 Å². The number of aromatic nitrogens is 3. The van der Waals surface area contributed by atoms with Gasteiger partial charge in [0.15, 0.2) is 5.16 Å². The third kappa shape index (κ3) is 5.93. The van der Waals surface area contributed by atoms with Crippen LogP contribution in [-0.2, 0) is 6.61 Å². The molecule has 0 fully saturated rings. The molecule has 6 nitrogen and oxygen atoms in total. The fourth-order valence-electron chi connectivity index (χ4n) is 2.99. The molecule has 8 heteroatoms. The van der Waals surface area contributed by atoms with Crippen LogP contribution in [0.15, 0.2) is 70.0 Å². The lowest BCUT2D eigenvalue weighted by molar-refractivity contribution is 0.102. The van der Waals surface area contributed by atoms with Crippen LogP contribution in [0.2, 0.25) is 0 Å². The molecule has 32 heavy (non-hydrogen) atoms. The number of carbonyl (C=O) groups is 1. The van der Waals surface area contributed by atoms with Gasteiger partial charge in [0.2, 0.25) is 0 Å². The second-order valence-electron chi connectivity index (χ2n) is 7.18. The van der Waals surface area contributed by atoms with Gasteiger partial charge in [0.25, 0.3) is 5.91 Å². The monoisotopic (exact) mass is 462 g/mol. The highest BCUT2D eigenvalue weighted by Gasteiger charge is 2.08. The summed E-state index contributed by atoms with van der Waals surface area (Å²) >= 11 is 3.09. The van der Waals surface area contributed by atoms with E-state index in [0.29, 0.717) is 23.1 Å². The zero-order valence-corrected chi connectivity index (χ0v) is 19.6. The summed E-state index contributed by atoms with van der Waals surface area (Å²) in [4.78, 5) is 26.8. The summed E-state index contributed by atoms with van der Waals surface area (Å²) in [6.45, 7) is 6.29. The zero-order valence-electron chi connectivity index (χ0n) is 18.0. The van der Waals surface area contributed by atoms with E-state index in [1.165, 1.54) is 11.8 Å². The lowest BCUT2D eigenvalue weighted by Crippen LogP contribution is -2.11. The number of carbonyl (C=O) groups excluding carboxylic acids is 1. The van der Waals surface area contributed by atoms with Crippen molar-refractivity contribution >= 4 is 34.7 Å². The van der Waals surface area contributed by atoms with Crippen molar-refractivity contribution < 1.29 is 9.53 Å². The minimum Gasteiger partial charge on any atom is -0.487 e. The Kier molecular flexibility index (Phi) is 6.82. The number of rotatable bonds is 7. The zero-order chi connectivity index (χ0) is 22.5. The number of amides is 1. The fraction of sp³-hybridized carbons (Fsp3) is 0.167. The quantitative estimate of drug-likeness (QED) is 0.348.